The molecule has 0 fully saturated rings. The Bertz CT molecular complexity index is 915. The highest BCUT2D eigenvalue weighted by Gasteiger charge is 2.39. The second-order valence-corrected chi connectivity index (χ2v) is 7.86. The lowest BCUT2D eigenvalue weighted by Gasteiger charge is -2.36. The zero-order chi connectivity index (χ0) is 23.0. The zero-order valence-corrected chi connectivity index (χ0v) is 18.1. The van der Waals surface area contributed by atoms with Gasteiger partial charge in [-0.1, -0.05) is 36.4 Å². The predicted octanol–water partition coefficient (Wildman–Crippen LogP) is 3.15. The second kappa shape index (κ2) is 10.7. The highest BCUT2D eigenvalue weighted by molar-refractivity contribution is 6.27. The highest BCUT2D eigenvalue weighted by atomic mass is 16.5. The standard InChI is InChI=1S/C22H27NO2.C2H2O4/c1-22(13-14-23(2)16-17-7-5-4-6-8-17)20-15-19(25-3)11-9-18(20)10-12-21(22)24;3-1(4)2(5)6/h4-9,11,15H,10,12-14,16H2,1-3H3;(H,3,4)(H,5,6). The minimum atomic E-state index is -1.82. The average Bonchev–Trinajstić information content (AvgIpc) is 2.76. The molecule has 7 nitrogen and oxygen atoms in total. The van der Waals surface area contributed by atoms with Crippen LogP contribution in [0.4, 0.5) is 0 Å². The smallest absolute Gasteiger partial charge is 0.414 e. The van der Waals surface area contributed by atoms with Gasteiger partial charge >= 0.3 is 11.9 Å². The molecule has 2 N–H and O–H groups in total. The third-order valence-electron chi connectivity index (χ3n) is 5.62. The van der Waals surface area contributed by atoms with Crippen LogP contribution in [-0.4, -0.2) is 53.5 Å². The Hall–Kier alpha value is -3.19. The molecule has 1 aliphatic rings. The molecule has 0 heterocycles. The number of carbonyl (C=O) groups excluding carboxylic acids is 1. The van der Waals surface area contributed by atoms with E-state index < -0.39 is 17.4 Å². The molecule has 0 radical (unpaired) electrons. The number of aliphatic carboxylic acids is 2. The Morgan fingerprint density at radius 2 is 1.71 bits per heavy atom. The summed E-state index contributed by atoms with van der Waals surface area (Å²) in [6.07, 6.45) is 2.31. The van der Waals surface area contributed by atoms with E-state index in [2.05, 4.69) is 55.3 Å². The summed E-state index contributed by atoms with van der Waals surface area (Å²) >= 11 is 0. The van der Waals surface area contributed by atoms with Crippen molar-refractivity contribution in [2.75, 3.05) is 20.7 Å². The van der Waals surface area contributed by atoms with Gasteiger partial charge in [-0.15, -0.1) is 0 Å². The van der Waals surface area contributed by atoms with Gasteiger partial charge in [-0.3, -0.25) is 4.79 Å². The number of rotatable bonds is 6. The average molecular weight is 427 g/mol. The maximum Gasteiger partial charge on any atom is 0.414 e. The fourth-order valence-electron chi connectivity index (χ4n) is 3.75. The number of nitrogens with zero attached hydrogens (tertiary/aromatic N) is 1. The lowest BCUT2D eigenvalue weighted by atomic mass is 9.68. The van der Waals surface area contributed by atoms with Crippen LogP contribution >= 0.6 is 0 Å². The first-order valence-corrected chi connectivity index (χ1v) is 10.1. The summed E-state index contributed by atoms with van der Waals surface area (Å²) in [6, 6.07) is 16.6. The van der Waals surface area contributed by atoms with Crippen LogP contribution in [0.15, 0.2) is 48.5 Å². The molecule has 3 rings (SSSR count). The molecule has 0 spiro atoms. The Kier molecular flexibility index (Phi) is 8.33. The molecular formula is C24H29NO6. The van der Waals surface area contributed by atoms with Gasteiger partial charge in [0.1, 0.15) is 11.5 Å². The Balaban J connectivity index is 0.000000501. The molecule has 2 aromatic rings. The fraction of sp³-hybridized carbons (Fsp3) is 0.375. The maximum absolute atomic E-state index is 12.8. The van der Waals surface area contributed by atoms with E-state index in [0.717, 1.165) is 37.2 Å². The summed E-state index contributed by atoms with van der Waals surface area (Å²) in [5, 5.41) is 14.8. The number of aryl methyl sites for hydroxylation is 1. The van der Waals surface area contributed by atoms with Crippen molar-refractivity contribution in [3.05, 3.63) is 65.2 Å². The van der Waals surface area contributed by atoms with Crippen LogP contribution in [0.2, 0.25) is 0 Å². The van der Waals surface area contributed by atoms with Crippen LogP contribution in [0.1, 0.15) is 36.5 Å². The van der Waals surface area contributed by atoms with Gasteiger partial charge in [-0.05, 0) is 62.2 Å². The number of hydrogen-bond donors (Lipinski definition) is 2. The second-order valence-electron chi connectivity index (χ2n) is 7.86. The molecule has 1 aliphatic carbocycles. The van der Waals surface area contributed by atoms with Crippen molar-refractivity contribution in [1.29, 1.82) is 0 Å². The molecule has 7 heteroatoms. The van der Waals surface area contributed by atoms with Crippen molar-refractivity contribution in [3.8, 4) is 5.75 Å². The minimum absolute atomic E-state index is 0.348. The predicted molar refractivity (Wildman–Crippen MR) is 116 cm³/mol. The summed E-state index contributed by atoms with van der Waals surface area (Å²) in [5.74, 6) is -2.47. The number of carboxylic acids is 2. The maximum atomic E-state index is 12.8. The van der Waals surface area contributed by atoms with E-state index in [0.29, 0.717) is 12.2 Å². The van der Waals surface area contributed by atoms with Gasteiger partial charge in [0.2, 0.25) is 0 Å². The Morgan fingerprint density at radius 3 is 2.29 bits per heavy atom. The first kappa shape index (κ1) is 24.1. The summed E-state index contributed by atoms with van der Waals surface area (Å²) in [5.41, 5.74) is 3.31. The summed E-state index contributed by atoms with van der Waals surface area (Å²) in [4.78, 5) is 33.3. The summed E-state index contributed by atoms with van der Waals surface area (Å²) < 4.78 is 5.39. The van der Waals surface area contributed by atoms with E-state index in [-0.39, 0.29) is 0 Å². The van der Waals surface area contributed by atoms with Crippen molar-refractivity contribution in [1.82, 2.24) is 4.90 Å². The van der Waals surface area contributed by atoms with E-state index in [4.69, 9.17) is 24.5 Å². The molecule has 0 aliphatic heterocycles. The van der Waals surface area contributed by atoms with E-state index in [9.17, 15) is 4.79 Å². The molecular weight excluding hydrogens is 398 g/mol. The topological polar surface area (TPSA) is 104 Å². The molecule has 166 valence electrons. The van der Waals surface area contributed by atoms with E-state index in [1.807, 2.05) is 12.1 Å². The quantitative estimate of drug-likeness (QED) is 0.683. The molecule has 0 saturated heterocycles. The number of ketones is 1. The van der Waals surface area contributed by atoms with Crippen LogP contribution in [0.3, 0.4) is 0 Å². The molecule has 2 aromatic carbocycles. The van der Waals surface area contributed by atoms with Gasteiger partial charge in [0, 0.05) is 13.0 Å². The molecule has 0 bridgehead atoms. The number of ether oxygens (including phenoxy) is 1. The zero-order valence-electron chi connectivity index (χ0n) is 18.1. The van der Waals surface area contributed by atoms with Gasteiger partial charge in [0.25, 0.3) is 0 Å². The van der Waals surface area contributed by atoms with Crippen molar-refractivity contribution < 1.29 is 29.3 Å². The molecule has 1 atom stereocenters. The number of benzene rings is 2. The lowest BCUT2D eigenvalue weighted by Crippen LogP contribution is -2.40. The van der Waals surface area contributed by atoms with Gasteiger partial charge in [-0.25, -0.2) is 9.59 Å². The van der Waals surface area contributed by atoms with E-state index in [1.165, 1.54) is 11.1 Å². The Morgan fingerprint density at radius 1 is 1.06 bits per heavy atom. The van der Waals surface area contributed by atoms with Crippen LogP contribution < -0.4 is 4.74 Å². The Labute approximate surface area is 182 Å². The number of fused-ring (bicyclic) bond motifs is 1. The van der Waals surface area contributed by atoms with E-state index in [1.54, 1.807) is 7.11 Å². The first-order valence-electron chi connectivity index (χ1n) is 10.1. The third kappa shape index (κ3) is 6.39. The summed E-state index contributed by atoms with van der Waals surface area (Å²) in [6.45, 7) is 3.88. The molecule has 0 saturated carbocycles. The number of hydrogen-bond acceptors (Lipinski definition) is 5. The normalized spacial score (nSPS) is 17.4. The lowest BCUT2D eigenvalue weighted by molar-refractivity contribution is -0.159. The van der Waals surface area contributed by atoms with Crippen molar-refractivity contribution in [3.63, 3.8) is 0 Å². The van der Waals surface area contributed by atoms with Crippen LogP contribution in [0, 0.1) is 0 Å². The minimum Gasteiger partial charge on any atom is -0.497 e. The largest absolute Gasteiger partial charge is 0.497 e. The van der Waals surface area contributed by atoms with Gasteiger partial charge in [-0.2, -0.15) is 0 Å². The van der Waals surface area contributed by atoms with Crippen LogP contribution in [-0.2, 0) is 32.8 Å². The van der Waals surface area contributed by atoms with E-state index >= 15 is 0 Å². The van der Waals surface area contributed by atoms with Gasteiger partial charge in [0.15, 0.2) is 0 Å². The number of carboxylic acid groups (broad SMARTS) is 2. The van der Waals surface area contributed by atoms with Crippen LogP contribution in [0.25, 0.3) is 0 Å². The molecule has 1 unspecified atom stereocenters. The number of carbonyl (C=O) groups is 3. The molecule has 0 aromatic heterocycles. The van der Waals surface area contributed by atoms with Crippen LogP contribution in [0.5, 0.6) is 5.75 Å². The SMILES string of the molecule is COc1ccc2c(c1)C(C)(CCN(C)Cc1ccccc1)C(=O)CC2.O=C(O)C(=O)O. The molecule has 31 heavy (non-hydrogen) atoms. The van der Waals surface area contributed by atoms with Crippen molar-refractivity contribution in [2.45, 2.75) is 38.1 Å². The fourth-order valence-corrected chi connectivity index (χ4v) is 3.75. The van der Waals surface area contributed by atoms with Gasteiger partial charge in [0.05, 0.1) is 12.5 Å². The van der Waals surface area contributed by atoms with Gasteiger partial charge < -0.3 is 19.8 Å². The highest BCUT2D eigenvalue weighted by Crippen LogP contribution is 2.39. The van der Waals surface area contributed by atoms with Crippen molar-refractivity contribution >= 4 is 17.7 Å². The molecule has 0 amide bonds. The van der Waals surface area contributed by atoms with Crippen molar-refractivity contribution in [2.24, 2.45) is 0 Å². The third-order valence-corrected chi connectivity index (χ3v) is 5.62. The monoisotopic (exact) mass is 427 g/mol. The number of methoxy groups -OCH3 is 1. The summed E-state index contributed by atoms with van der Waals surface area (Å²) in [7, 11) is 3.80. The first-order chi connectivity index (χ1) is 14.7. The number of Topliss-reactive ketones (excluding diaryl/α,β-unsaturated/α-hetero) is 1.